The van der Waals surface area contributed by atoms with Gasteiger partial charge < -0.3 is 14.5 Å². The molecule has 0 atom stereocenters. The summed E-state index contributed by atoms with van der Waals surface area (Å²) in [4.78, 5) is 4.44. The van der Waals surface area contributed by atoms with Crippen molar-refractivity contribution in [3.63, 3.8) is 0 Å². The minimum atomic E-state index is -3.97. The highest BCUT2D eigenvalue weighted by molar-refractivity contribution is 7.91. The molecule has 0 aliphatic carbocycles. The SMILES string of the molecule is COc1ccc(Nc2oc(-c3ccccc3C)nc2S(=O)(=O)c2ccc(Cl)cc2)cc1. The van der Waals surface area contributed by atoms with Crippen molar-refractivity contribution in [1.29, 1.82) is 0 Å². The Morgan fingerprint density at radius 2 is 1.65 bits per heavy atom. The maximum Gasteiger partial charge on any atom is 0.238 e. The number of aryl methyl sites for hydroxylation is 1. The number of hydrogen-bond acceptors (Lipinski definition) is 6. The highest BCUT2D eigenvalue weighted by Crippen LogP contribution is 2.35. The van der Waals surface area contributed by atoms with Crippen LogP contribution in [0.4, 0.5) is 11.6 Å². The number of anilines is 2. The Bertz CT molecular complexity index is 1310. The molecule has 0 amide bonds. The Morgan fingerprint density at radius 1 is 0.968 bits per heavy atom. The molecule has 0 aliphatic rings. The summed E-state index contributed by atoms with van der Waals surface area (Å²) < 4.78 is 37.8. The van der Waals surface area contributed by atoms with Gasteiger partial charge in [-0.15, -0.1) is 0 Å². The first kappa shape index (κ1) is 21.0. The molecule has 0 aliphatic heterocycles. The van der Waals surface area contributed by atoms with Crippen molar-refractivity contribution in [2.24, 2.45) is 0 Å². The monoisotopic (exact) mass is 454 g/mol. The number of hydrogen-bond donors (Lipinski definition) is 1. The second-order valence-corrected chi connectivity index (χ2v) is 9.08. The third kappa shape index (κ3) is 4.28. The molecule has 0 bridgehead atoms. The summed E-state index contributed by atoms with van der Waals surface area (Å²) >= 11 is 5.92. The van der Waals surface area contributed by atoms with Crippen molar-refractivity contribution in [2.45, 2.75) is 16.8 Å². The Kier molecular flexibility index (Phi) is 5.71. The van der Waals surface area contributed by atoms with Crippen LogP contribution in [0.25, 0.3) is 11.5 Å². The summed E-state index contributed by atoms with van der Waals surface area (Å²) in [6.45, 7) is 1.91. The van der Waals surface area contributed by atoms with Crippen molar-refractivity contribution in [1.82, 2.24) is 4.98 Å². The summed E-state index contributed by atoms with van der Waals surface area (Å²) in [6.07, 6.45) is 0. The Hall–Kier alpha value is -3.29. The standard InChI is InChI=1S/C23H19ClN2O4S/c1-15-5-3-4-6-20(15)21-26-23(31(27,28)19-13-7-16(24)8-14-19)22(30-21)25-17-9-11-18(29-2)12-10-17/h3-14,25H,1-2H3. The number of nitrogens with one attached hydrogen (secondary N) is 1. The van der Waals surface area contributed by atoms with Crippen LogP contribution in [0.5, 0.6) is 5.75 Å². The van der Waals surface area contributed by atoms with E-state index in [1.54, 1.807) is 31.4 Å². The van der Waals surface area contributed by atoms with Crippen molar-refractivity contribution in [3.05, 3.63) is 83.4 Å². The Labute approximate surface area is 185 Å². The van der Waals surface area contributed by atoms with Gasteiger partial charge in [0.15, 0.2) is 0 Å². The van der Waals surface area contributed by atoms with Crippen LogP contribution in [0, 0.1) is 6.92 Å². The zero-order valence-electron chi connectivity index (χ0n) is 16.8. The fraction of sp³-hybridized carbons (Fsp3) is 0.0870. The average molecular weight is 455 g/mol. The topological polar surface area (TPSA) is 81.4 Å². The first-order chi connectivity index (χ1) is 14.9. The maximum absolute atomic E-state index is 13.4. The Balaban J connectivity index is 1.83. The van der Waals surface area contributed by atoms with E-state index < -0.39 is 9.84 Å². The largest absolute Gasteiger partial charge is 0.497 e. The zero-order chi connectivity index (χ0) is 22.0. The van der Waals surface area contributed by atoms with Crippen LogP contribution >= 0.6 is 11.6 Å². The summed E-state index contributed by atoms with van der Waals surface area (Å²) in [7, 11) is -2.40. The van der Waals surface area contributed by atoms with Gasteiger partial charge in [0.05, 0.1) is 12.0 Å². The molecule has 1 heterocycles. The van der Waals surface area contributed by atoms with Crippen LogP contribution in [0.3, 0.4) is 0 Å². The molecule has 0 unspecified atom stereocenters. The van der Waals surface area contributed by atoms with Gasteiger partial charge in [0, 0.05) is 16.3 Å². The molecule has 31 heavy (non-hydrogen) atoms. The van der Waals surface area contributed by atoms with Gasteiger partial charge in [-0.1, -0.05) is 29.8 Å². The molecule has 1 aromatic heterocycles. The lowest BCUT2D eigenvalue weighted by atomic mass is 10.1. The molecular weight excluding hydrogens is 436 g/mol. The molecule has 4 aromatic rings. The number of nitrogens with zero attached hydrogens (tertiary/aromatic N) is 1. The molecule has 8 heteroatoms. The van der Waals surface area contributed by atoms with E-state index in [0.29, 0.717) is 22.0 Å². The average Bonchev–Trinajstić information content (AvgIpc) is 3.19. The van der Waals surface area contributed by atoms with E-state index in [4.69, 9.17) is 20.8 Å². The maximum atomic E-state index is 13.4. The highest BCUT2D eigenvalue weighted by atomic mass is 35.5. The van der Waals surface area contributed by atoms with Crippen LogP contribution in [0.1, 0.15) is 5.56 Å². The van der Waals surface area contributed by atoms with Crippen LogP contribution in [0.2, 0.25) is 5.02 Å². The van der Waals surface area contributed by atoms with E-state index in [0.717, 1.165) is 5.56 Å². The van der Waals surface area contributed by atoms with Gasteiger partial charge in [-0.3, -0.25) is 0 Å². The fourth-order valence-electron chi connectivity index (χ4n) is 3.03. The summed E-state index contributed by atoms with van der Waals surface area (Å²) in [5.41, 5.74) is 2.24. The predicted octanol–water partition coefficient (Wildman–Crippen LogP) is 5.89. The smallest absolute Gasteiger partial charge is 0.238 e. The van der Waals surface area contributed by atoms with Crippen LogP contribution in [0.15, 0.2) is 87.1 Å². The van der Waals surface area contributed by atoms with Crippen molar-refractivity contribution in [2.75, 3.05) is 12.4 Å². The van der Waals surface area contributed by atoms with Gasteiger partial charge in [-0.05, 0) is 67.1 Å². The fourth-order valence-corrected chi connectivity index (χ4v) is 4.41. The van der Waals surface area contributed by atoms with E-state index in [9.17, 15) is 8.42 Å². The van der Waals surface area contributed by atoms with E-state index in [-0.39, 0.29) is 21.7 Å². The third-order valence-corrected chi connectivity index (χ3v) is 6.63. The number of sulfone groups is 1. The number of aromatic nitrogens is 1. The summed E-state index contributed by atoms with van der Waals surface area (Å²) in [5.74, 6) is 0.915. The van der Waals surface area contributed by atoms with Gasteiger partial charge >= 0.3 is 0 Å². The number of benzene rings is 3. The quantitative estimate of drug-likeness (QED) is 0.391. The van der Waals surface area contributed by atoms with Crippen LogP contribution < -0.4 is 10.1 Å². The predicted molar refractivity (Wildman–Crippen MR) is 120 cm³/mol. The number of ether oxygens (including phenoxy) is 1. The van der Waals surface area contributed by atoms with Gasteiger partial charge in [0.25, 0.3) is 0 Å². The zero-order valence-corrected chi connectivity index (χ0v) is 18.4. The minimum absolute atomic E-state index is 0.0263. The molecule has 0 saturated heterocycles. The third-order valence-electron chi connectivity index (χ3n) is 4.70. The lowest BCUT2D eigenvalue weighted by molar-refractivity contribution is 0.415. The van der Waals surface area contributed by atoms with Crippen LogP contribution in [-0.4, -0.2) is 20.5 Å². The lowest BCUT2D eigenvalue weighted by Crippen LogP contribution is -2.05. The summed E-state index contributed by atoms with van der Waals surface area (Å²) in [6, 6.07) is 20.4. The molecule has 0 fully saturated rings. The normalized spacial score (nSPS) is 11.3. The molecule has 0 saturated carbocycles. The molecular formula is C23H19ClN2O4S. The van der Waals surface area contributed by atoms with E-state index >= 15 is 0 Å². The van der Waals surface area contributed by atoms with Crippen molar-refractivity contribution >= 4 is 33.0 Å². The number of halogens is 1. The molecule has 1 N–H and O–H groups in total. The van der Waals surface area contributed by atoms with E-state index in [2.05, 4.69) is 10.3 Å². The van der Waals surface area contributed by atoms with Gasteiger partial charge in [0.1, 0.15) is 5.75 Å². The van der Waals surface area contributed by atoms with Crippen molar-refractivity contribution < 1.29 is 17.6 Å². The van der Waals surface area contributed by atoms with E-state index in [1.807, 2.05) is 31.2 Å². The number of methoxy groups -OCH3 is 1. The highest BCUT2D eigenvalue weighted by Gasteiger charge is 2.29. The van der Waals surface area contributed by atoms with E-state index in [1.165, 1.54) is 24.3 Å². The molecule has 3 aromatic carbocycles. The second kappa shape index (κ2) is 8.45. The van der Waals surface area contributed by atoms with Gasteiger partial charge in [-0.2, -0.15) is 4.98 Å². The molecule has 6 nitrogen and oxygen atoms in total. The molecule has 4 rings (SSSR count). The first-order valence-corrected chi connectivity index (χ1v) is 11.2. The molecule has 0 radical (unpaired) electrons. The second-order valence-electron chi connectivity index (χ2n) is 6.78. The van der Waals surface area contributed by atoms with Gasteiger partial charge in [0.2, 0.25) is 26.6 Å². The molecule has 0 spiro atoms. The summed E-state index contributed by atoms with van der Waals surface area (Å²) in [5, 5.41) is 3.27. The van der Waals surface area contributed by atoms with Crippen molar-refractivity contribution in [3.8, 4) is 17.2 Å². The molecule has 158 valence electrons. The number of rotatable bonds is 6. The number of oxazole rings is 1. The first-order valence-electron chi connectivity index (χ1n) is 9.37. The minimum Gasteiger partial charge on any atom is -0.497 e. The Morgan fingerprint density at radius 3 is 2.29 bits per heavy atom. The lowest BCUT2D eigenvalue weighted by Gasteiger charge is -2.07. The van der Waals surface area contributed by atoms with Crippen LogP contribution in [-0.2, 0) is 9.84 Å². The van der Waals surface area contributed by atoms with Gasteiger partial charge in [-0.25, -0.2) is 8.42 Å².